The van der Waals surface area contributed by atoms with E-state index in [1.807, 2.05) is 6.07 Å². The molecule has 0 amide bonds. The maximum Gasteiger partial charge on any atom is 0.211 e. The summed E-state index contributed by atoms with van der Waals surface area (Å²) in [7, 11) is 0. The Morgan fingerprint density at radius 1 is 1.64 bits per heavy atom. The van der Waals surface area contributed by atoms with Crippen LogP contribution in [0.2, 0.25) is 0 Å². The highest BCUT2D eigenvalue weighted by atomic mass is 79.9. The number of carbonyl (C=O) groups is 1. The zero-order chi connectivity index (χ0) is 7.84. The first-order valence-corrected chi connectivity index (χ1v) is 4.82. The molecule has 1 aliphatic heterocycles. The zero-order valence-electron chi connectivity index (χ0n) is 5.45. The molecular weight excluding hydrogens is 226 g/mol. The molecule has 1 unspecified atom stereocenters. The number of carbonyl (C=O) groups excluding carboxylic acids is 1. The molecule has 2 rings (SSSR count). The van der Waals surface area contributed by atoms with E-state index in [0.29, 0.717) is 0 Å². The maximum atomic E-state index is 11.1. The number of thioether (sulfide) groups is 1. The minimum atomic E-state index is -0.156. The smallest absolute Gasteiger partial charge is 0.211 e. The van der Waals surface area contributed by atoms with Crippen molar-refractivity contribution >= 4 is 32.8 Å². The Kier molecular flexibility index (Phi) is 1.73. The molecular formula is C7H4BrNOS. The molecule has 2 nitrogen and oxygen atoms in total. The molecule has 1 aromatic heterocycles. The number of rotatable bonds is 0. The van der Waals surface area contributed by atoms with E-state index < -0.39 is 0 Å². The molecule has 56 valence electrons. The molecule has 0 aliphatic carbocycles. The van der Waals surface area contributed by atoms with E-state index in [2.05, 4.69) is 20.9 Å². The molecule has 1 atom stereocenters. The van der Waals surface area contributed by atoms with Crippen LogP contribution in [0.1, 0.15) is 10.4 Å². The minimum Gasteiger partial charge on any atom is -0.285 e. The average molecular weight is 230 g/mol. The molecule has 1 aromatic rings. The molecule has 0 radical (unpaired) electrons. The summed E-state index contributed by atoms with van der Waals surface area (Å²) in [6, 6.07) is 1.86. The van der Waals surface area contributed by atoms with Gasteiger partial charge in [0.25, 0.3) is 0 Å². The number of hydrogen-bond acceptors (Lipinski definition) is 3. The Labute approximate surface area is 76.5 Å². The Balaban J connectivity index is 2.55. The molecule has 0 spiro atoms. The minimum absolute atomic E-state index is 0.146. The summed E-state index contributed by atoms with van der Waals surface area (Å²) < 4.78 is 0. The lowest BCUT2D eigenvalue weighted by Gasteiger charge is -1.95. The molecule has 0 bridgehead atoms. The molecule has 0 aromatic carbocycles. The van der Waals surface area contributed by atoms with E-state index >= 15 is 0 Å². The van der Waals surface area contributed by atoms with Gasteiger partial charge in [-0.05, 0) is 17.8 Å². The van der Waals surface area contributed by atoms with Crippen molar-refractivity contribution in [2.75, 3.05) is 0 Å². The number of fused-ring (bicyclic) bond motifs is 1. The predicted octanol–water partition coefficient (Wildman–Crippen LogP) is 2.15. The van der Waals surface area contributed by atoms with E-state index in [9.17, 15) is 4.79 Å². The Morgan fingerprint density at radius 2 is 2.45 bits per heavy atom. The van der Waals surface area contributed by atoms with Crippen LogP contribution in [-0.4, -0.2) is 10.1 Å². The first kappa shape index (κ1) is 7.31. The van der Waals surface area contributed by atoms with Gasteiger partial charge in [-0.2, -0.15) is 0 Å². The van der Waals surface area contributed by atoms with Crippen molar-refractivity contribution in [3.05, 3.63) is 24.0 Å². The van der Waals surface area contributed by atoms with E-state index in [-0.39, 0.29) is 9.94 Å². The second-order valence-corrected chi connectivity index (χ2v) is 4.16. The molecule has 2 heterocycles. The zero-order valence-corrected chi connectivity index (χ0v) is 7.85. The third-order valence-corrected chi connectivity index (χ3v) is 3.74. The van der Waals surface area contributed by atoms with Crippen molar-refractivity contribution in [2.45, 2.75) is 9.72 Å². The van der Waals surface area contributed by atoms with Gasteiger partial charge in [0.15, 0.2) is 0 Å². The van der Waals surface area contributed by atoms with Crippen LogP contribution in [0.15, 0.2) is 23.4 Å². The van der Waals surface area contributed by atoms with Gasteiger partial charge in [0.05, 0.1) is 0 Å². The van der Waals surface area contributed by atoms with Gasteiger partial charge in [0.1, 0.15) is 4.83 Å². The number of nitrogens with zero attached hydrogens (tertiary/aromatic N) is 1. The summed E-state index contributed by atoms with van der Waals surface area (Å²) >= 11 is 4.57. The van der Waals surface area contributed by atoms with Crippen molar-refractivity contribution < 1.29 is 4.79 Å². The standard InChI is InChI=1S/C7H4BrNOS/c8-6-4-3-9-2-1-5(4)11-7(6)10/h1-3,6H. The number of hydrogen-bond donors (Lipinski definition) is 0. The molecule has 0 N–H and O–H groups in total. The van der Waals surface area contributed by atoms with Gasteiger partial charge in [-0.15, -0.1) is 0 Å². The fraction of sp³-hybridized carbons (Fsp3) is 0.143. The lowest BCUT2D eigenvalue weighted by atomic mass is 10.2. The maximum absolute atomic E-state index is 11.1. The summed E-state index contributed by atoms with van der Waals surface area (Å²) in [5.41, 5.74) is 0.988. The summed E-state index contributed by atoms with van der Waals surface area (Å²) in [6.45, 7) is 0. The van der Waals surface area contributed by atoms with Crippen LogP contribution >= 0.6 is 27.7 Å². The topological polar surface area (TPSA) is 30.0 Å². The fourth-order valence-electron chi connectivity index (χ4n) is 0.964. The second-order valence-electron chi connectivity index (χ2n) is 2.20. The van der Waals surface area contributed by atoms with Crippen LogP contribution < -0.4 is 0 Å². The third kappa shape index (κ3) is 1.10. The van der Waals surface area contributed by atoms with E-state index in [1.54, 1.807) is 12.4 Å². The highest BCUT2D eigenvalue weighted by Gasteiger charge is 2.28. The molecule has 0 saturated carbocycles. The predicted molar refractivity (Wildman–Crippen MR) is 46.8 cm³/mol. The molecule has 11 heavy (non-hydrogen) atoms. The first-order chi connectivity index (χ1) is 5.29. The first-order valence-electron chi connectivity index (χ1n) is 3.09. The van der Waals surface area contributed by atoms with Crippen LogP contribution in [0.25, 0.3) is 0 Å². The van der Waals surface area contributed by atoms with E-state index in [0.717, 1.165) is 10.5 Å². The molecule has 0 saturated heterocycles. The van der Waals surface area contributed by atoms with Gasteiger partial charge >= 0.3 is 0 Å². The normalized spacial score (nSPS) is 21.9. The highest BCUT2D eigenvalue weighted by Crippen LogP contribution is 2.43. The van der Waals surface area contributed by atoms with Gasteiger partial charge in [-0.1, -0.05) is 15.9 Å². The van der Waals surface area contributed by atoms with Crippen LogP contribution in [0.5, 0.6) is 0 Å². The fourth-order valence-corrected chi connectivity index (χ4v) is 2.63. The number of aromatic nitrogens is 1. The average Bonchev–Trinajstić information content (AvgIpc) is 2.30. The quantitative estimate of drug-likeness (QED) is 0.639. The van der Waals surface area contributed by atoms with Crippen molar-refractivity contribution in [2.24, 2.45) is 0 Å². The summed E-state index contributed by atoms with van der Waals surface area (Å²) in [6.07, 6.45) is 3.43. The Bertz CT molecular complexity index is 315. The van der Waals surface area contributed by atoms with E-state index in [4.69, 9.17) is 0 Å². The van der Waals surface area contributed by atoms with Gasteiger partial charge in [0.2, 0.25) is 5.12 Å². The SMILES string of the molecule is O=C1Sc2ccncc2C1Br. The van der Waals surface area contributed by atoms with Crippen LogP contribution in [0, 0.1) is 0 Å². The number of halogens is 1. The van der Waals surface area contributed by atoms with Crippen molar-refractivity contribution in [3.8, 4) is 0 Å². The van der Waals surface area contributed by atoms with Crippen LogP contribution in [0.4, 0.5) is 0 Å². The lowest BCUT2D eigenvalue weighted by Crippen LogP contribution is -1.92. The summed E-state index contributed by atoms with van der Waals surface area (Å²) in [5, 5.41) is 0.146. The molecule has 1 aliphatic rings. The van der Waals surface area contributed by atoms with Crippen LogP contribution in [0.3, 0.4) is 0 Å². The largest absolute Gasteiger partial charge is 0.285 e. The summed E-state index contributed by atoms with van der Waals surface area (Å²) in [5.74, 6) is 0. The van der Waals surface area contributed by atoms with Crippen LogP contribution in [-0.2, 0) is 4.79 Å². The van der Waals surface area contributed by atoms with Crippen molar-refractivity contribution in [1.29, 1.82) is 0 Å². The summed E-state index contributed by atoms with van der Waals surface area (Å²) in [4.78, 5) is 15.9. The van der Waals surface area contributed by atoms with Gasteiger partial charge < -0.3 is 0 Å². The highest BCUT2D eigenvalue weighted by molar-refractivity contribution is 9.09. The molecule has 0 fully saturated rings. The Morgan fingerprint density at radius 3 is 3.18 bits per heavy atom. The third-order valence-electron chi connectivity index (χ3n) is 1.50. The van der Waals surface area contributed by atoms with Gasteiger partial charge in [0, 0.05) is 22.9 Å². The van der Waals surface area contributed by atoms with Gasteiger partial charge in [-0.25, -0.2) is 0 Å². The van der Waals surface area contributed by atoms with E-state index in [1.165, 1.54) is 11.8 Å². The number of alkyl halides is 1. The van der Waals surface area contributed by atoms with Crippen molar-refractivity contribution in [3.63, 3.8) is 0 Å². The number of pyridine rings is 1. The Hall–Kier alpha value is -0.350. The lowest BCUT2D eigenvalue weighted by molar-refractivity contribution is -0.110. The monoisotopic (exact) mass is 229 g/mol. The van der Waals surface area contributed by atoms with Crippen molar-refractivity contribution in [1.82, 2.24) is 4.98 Å². The second kappa shape index (κ2) is 2.60. The molecule has 4 heteroatoms. The van der Waals surface area contributed by atoms with Gasteiger partial charge in [-0.3, -0.25) is 9.78 Å².